The van der Waals surface area contributed by atoms with Crippen molar-refractivity contribution in [3.05, 3.63) is 11.8 Å². The third kappa shape index (κ3) is 3.59. The molecule has 0 bridgehead atoms. The van der Waals surface area contributed by atoms with Gasteiger partial charge in [0, 0.05) is 30.9 Å². The Morgan fingerprint density at radius 1 is 1.50 bits per heavy atom. The van der Waals surface area contributed by atoms with Crippen molar-refractivity contribution in [2.75, 3.05) is 23.3 Å². The molecular formula is C13H21N5. The largest absolute Gasteiger partial charge is 0.354 e. The summed E-state index contributed by atoms with van der Waals surface area (Å²) in [6, 6.07) is 2.49. The summed E-state index contributed by atoms with van der Waals surface area (Å²) in [6.07, 6.45) is 2.32. The van der Waals surface area contributed by atoms with Crippen LogP contribution in [0, 0.1) is 18.3 Å². The van der Waals surface area contributed by atoms with Crippen LogP contribution >= 0.6 is 0 Å². The molecule has 0 saturated heterocycles. The van der Waals surface area contributed by atoms with Gasteiger partial charge in [0.25, 0.3) is 0 Å². The summed E-state index contributed by atoms with van der Waals surface area (Å²) >= 11 is 0. The average molecular weight is 247 g/mol. The van der Waals surface area contributed by atoms with Crippen molar-refractivity contribution >= 4 is 11.8 Å². The van der Waals surface area contributed by atoms with Gasteiger partial charge in [0.2, 0.25) is 5.95 Å². The van der Waals surface area contributed by atoms with Crippen molar-refractivity contribution in [2.45, 2.75) is 40.2 Å². The molecule has 0 unspecified atom stereocenters. The van der Waals surface area contributed by atoms with Crippen LogP contribution in [0.1, 0.15) is 32.8 Å². The number of nitriles is 1. The van der Waals surface area contributed by atoms with Crippen LogP contribution in [-0.4, -0.2) is 29.1 Å². The lowest BCUT2D eigenvalue weighted by Gasteiger charge is -2.28. The molecule has 0 fully saturated rings. The molecule has 1 heterocycles. The van der Waals surface area contributed by atoms with Crippen molar-refractivity contribution < 1.29 is 0 Å². The Morgan fingerprint density at radius 3 is 2.78 bits per heavy atom. The Bertz CT molecular complexity index is 422. The molecule has 1 aromatic heterocycles. The molecule has 0 atom stereocenters. The second-order valence-corrected chi connectivity index (χ2v) is 4.43. The van der Waals surface area contributed by atoms with E-state index in [0.717, 1.165) is 17.9 Å². The molecule has 0 amide bonds. The highest BCUT2D eigenvalue weighted by atomic mass is 15.2. The number of nitrogens with zero attached hydrogens (tertiary/aromatic N) is 4. The zero-order valence-electron chi connectivity index (χ0n) is 11.6. The highest BCUT2D eigenvalue weighted by molar-refractivity contribution is 5.49. The summed E-state index contributed by atoms with van der Waals surface area (Å²) in [4.78, 5) is 10.9. The lowest BCUT2D eigenvalue weighted by Crippen LogP contribution is -2.33. The Labute approximate surface area is 109 Å². The van der Waals surface area contributed by atoms with Gasteiger partial charge < -0.3 is 10.2 Å². The first-order chi connectivity index (χ1) is 8.60. The first-order valence-electron chi connectivity index (χ1n) is 6.31. The highest BCUT2D eigenvalue weighted by Crippen LogP contribution is 2.20. The Hall–Kier alpha value is -1.83. The highest BCUT2D eigenvalue weighted by Gasteiger charge is 2.15. The van der Waals surface area contributed by atoms with E-state index in [9.17, 15) is 0 Å². The first kappa shape index (κ1) is 14.2. The zero-order valence-corrected chi connectivity index (χ0v) is 11.6. The van der Waals surface area contributed by atoms with Crippen molar-refractivity contribution in [1.29, 1.82) is 5.26 Å². The fraction of sp³-hybridized carbons (Fsp3) is 0.615. The van der Waals surface area contributed by atoms with Crippen molar-refractivity contribution in [2.24, 2.45) is 0 Å². The number of aromatic nitrogens is 2. The Morgan fingerprint density at radius 2 is 2.22 bits per heavy atom. The first-order valence-corrected chi connectivity index (χ1v) is 6.31. The molecular weight excluding hydrogens is 226 g/mol. The summed E-state index contributed by atoms with van der Waals surface area (Å²) < 4.78 is 0. The second-order valence-electron chi connectivity index (χ2n) is 4.43. The molecule has 18 heavy (non-hydrogen) atoms. The molecule has 1 rings (SSSR count). The van der Waals surface area contributed by atoms with Gasteiger partial charge in [-0.15, -0.1) is 0 Å². The van der Waals surface area contributed by atoms with Crippen molar-refractivity contribution in [3.8, 4) is 6.07 Å². The minimum absolute atomic E-state index is 0.307. The number of anilines is 2. The Kier molecular flexibility index (Phi) is 5.37. The van der Waals surface area contributed by atoms with Crippen LogP contribution in [0.15, 0.2) is 6.20 Å². The van der Waals surface area contributed by atoms with Crippen LogP contribution in [0.3, 0.4) is 0 Å². The van der Waals surface area contributed by atoms with Gasteiger partial charge in [0.15, 0.2) is 0 Å². The molecule has 0 aliphatic rings. The van der Waals surface area contributed by atoms with Crippen LogP contribution in [0.4, 0.5) is 11.8 Å². The van der Waals surface area contributed by atoms with E-state index in [1.807, 2.05) is 20.0 Å². The van der Waals surface area contributed by atoms with Crippen LogP contribution in [-0.2, 0) is 0 Å². The summed E-state index contributed by atoms with van der Waals surface area (Å²) in [6.45, 7) is 9.70. The lowest BCUT2D eigenvalue weighted by atomic mass is 10.2. The second kappa shape index (κ2) is 6.80. The number of aryl methyl sites for hydroxylation is 1. The standard InChI is InChI=1S/C13H21N5/c1-5-15-13-16-9-11(4)12(17-13)18(10(2)3)8-6-7-14/h9-10H,5-6,8H2,1-4H3,(H,15,16,17). The monoisotopic (exact) mass is 247 g/mol. The molecule has 5 nitrogen and oxygen atoms in total. The van der Waals surface area contributed by atoms with E-state index in [2.05, 4.69) is 40.1 Å². The van der Waals surface area contributed by atoms with Crippen molar-refractivity contribution in [3.63, 3.8) is 0 Å². The quantitative estimate of drug-likeness (QED) is 0.836. The van der Waals surface area contributed by atoms with Crippen LogP contribution < -0.4 is 10.2 Å². The fourth-order valence-corrected chi connectivity index (χ4v) is 1.75. The van der Waals surface area contributed by atoms with E-state index in [-0.39, 0.29) is 0 Å². The molecule has 5 heteroatoms. The maximum Gasteiger partial charge on any atom is 0.224 e. The molecule has 0 spiro atoms. The van der Waals surface area contributed by atoms with E-state index in [4.69, 9.17) is 5.26 Å². The minimum atomic E-state index is 0.307. The van der Waals surface area contributed by atoms with Gasteiger partial charge in [0.05, 0.1) is 12.5 Å². The summed E-state index contributed by atoms with van der Waals surface area (Å²) in [5.74, 6) is 1.55. The minimum Gasteiger partial charge on any atom is -0.354 e. The maximum atomic E-state index is 8.73. The summed E-state index contributed by atoms with van der Waals surface area (Å²) in [5.41, 5.74) is 1.03. The molecule has 0 aliphatic heterocycles. The van der Waals surface area contributed by atoms with E-state index in [0.29, 0.717) is 25.0 Å². The molecule has 0 saturated carbocycles. The topological polar surface area (TPSA) is 64.8 Å². The smallest absolute Gasteiger partial charge is 0.224 e. The molecule has 0 aliphatic carbocycles. The van der Waals surface area contributed by atoms with Crippen LogP contribution in [0.5, 0.6) is 0 Å². The number of rotatable bonds is 6. The van der Waals surface area contributed by atoms with Gasteiger partial charge in [0.1, 0.15) is 5.82 Å². The lowest BCUT2D eigenvalue weighted by molar-refractivity contribution is 0.673. The summed E-state index contributed by atoms with van der Waals surface area (Å²) in [5, 5.41) is 11.8. The van der Waals surface area contributed by atoms with E-state index in [1.54, 1.807) is 0 Å². The van der Waals surface area contributed by atoms with Gasteiger partial charge in [-0.2, -0.15) is 10.2 Å². The predicted molar refractivity (Wildman–Crippen MR) is 73.6 cm³/mol. The predicted octanol–water partition coefficient (Wildman–Crippen LogP) is 2.35. The maximum absolute atomic E-state index is 8.73. The number of nitrogens with one attached hydrogen (secondary N) is 1. The van der Waals surface area contributed by atoms with Gasteiger partial charge in [-0.25, -0.2) is 4.98 Å². The third-order valence-corrected chi connectivity index (χ3v) is 2.64. The van der Waals surface area contributed by atoms with Gasteiger partial charge in [-0.1, -0.05) is 0 Å². The van der Waals surface area contributed by atoms with E-state index in [1.165, 1.54) is 0 Å². The van der Waals surface area contributed by atoms with Crippen LogP contribution in [0.25, 0.3) is 0 Å². The van der Waals surface area contributed by atoms with Crippen molar-refractivity contribution in [1.82, 2.24) is 9.97 Å². The average Bonchev–Trinajstić information content (AvgIpc) is 2.33. The van der Waals surface area contributed by atoms with E-state index < -0.39 is 0 Å². The van der Waals surface area contributed by atoms with Gasteiger partial charge in [-0.3, -0.25) is 0 Å². The molecule has 98 valence electrons. The number of hydrogen-bond donors (Lipinski definition) is 1. The van der Waals surface area contributed by atoms with E-state index >= 15 is 0 Å². The third-order valence-electron chi connectivity index (χ3n) is 2.64. The fourth-order valence-electron chi connectivity index (χ4n) is 1.75. The van der Waals surface area contributed by atoms with Gasteiger partial charge in [-0.05, 0) is 27.7 Å². The molecule has 1 aromatic rings. The zero-order chi connectivity index (χ0) is 13.5. The van der Waals surface area contributed by atoms with Crippen LogP contribution in [0.2, 0.25) is 0 Å². The van der Waals surface area contributed by atoms with Gasteiger partial charge >= 0.3 is 0 Å². The Balaban J connectivity index is 3.02. The normalized spacial score (nSPS) is 10.2. The SMILES string of the molecule is CCNc1ncc(C)c(N(CCC#N)C(C)C)n1. The molecule has 1 N–H and O–H groups in total. The molecule has 0 radical (unpaired) electrons. The summed E-state index contributed by atoms with van der Waals surface area (Å²) in [7, 11) is 0. The molecule has 0 aromatic carbocycles. The number of hydrogen-bond acceptors (Lipinski definition) is 5.